The second-order valence-electron chi connectivity index (χ2n) is 10.3. The molecule has 3 heterocycles. The van der Waals surface area contributed by atoms with Gasteiger partial charge in [0.05, 0.1) is 11.9 Å². The van der Waals surface area contributed by atoms with E-state index < -0.39 is 18.6 Å². The molecule has 5 rings (SSSR count). The number of carboxylic acids is 1. The van der Waals surface area contributed by atoms with E-state index >= 15 is 0 Å². The highest BCUT2D eigenvalue weighted by atomic mass is 19.3. The number of carbonyl (C=O) groups excluding carboxylic acids is 2. The molecule has 2 aromatic carbocycles. The molecule has 1 saturated heterocycles. The van der Waals surface area contributed by atoms with Crippen LogP contribution in [0.1, 0.15) is 28.8 Å². The topological polar surface area (TPSA) is 155 Å². The predicted octanol–water partition coefficient (Wildman–Crippen LogP) is 3.53. The normalized spacial score (nSPS) is 14.1. The molecular formula is C30H31F2N7O5. The van der Waals surface area contributed by atoms with Gasteiger partial charge in [-0.2, -0.15) is 8.78 Å². The molecule has 14 heteroatoms. The molecule has 0 aliphatic carbocycles. The van der Waals surface area contributed by atoms with Crippen molar-refractivity contribution in [2.45, 2.75) is 32.4 Å². The highest BCUT2D eigenvalue weighted by Gasteiger charge is 2.26. The first-order valence-corrected chi connectivity index (χ1v) is 13.9. The van der Waals surface area contributed by atoms with E-state index in [4.69, 9.17) is 10.8 Å². The van der Waals surface area contributed by atoms with Crippen molar-refractivity contribution in [2.75, 3.05) is 31.5 Å². The second-order valence-corrected chi connectivity index (χ2v) is 10.3. The van der Waals surface area contributed by atoms with Crippen molar-refractivity contribution < 1.29 is 33.0 Å². The lowest BCUT2D eigenvalue weighted by Crippen LogP contribution is -2.50. The minimum atomic E-state index is -2.90. The maximum atomic E-state index is 13.3. The van der Waals surface area contributed by atoms with Crippen molar-refractivity contribution in [3.05, 3.63) is 72.2 Å². The van der Waals surface area contributed by atoms with Crippen LogP contribution < -0.4 is 15.8 Å². The van der Waals surface area contributed by atoms with Gasteiger partial charge in [-0.1, -0.05) is 0 Å². The number of anilines is 2. The molecule has 1 fully saturated rings. The zero-order valence-electron chi connectivity index (χ0n) is 23.8. The first-order valence-electron chi connectivity index (χ1n) is 13.9. The van der Waals surface area contributed by atoms with Gasteiger partial charge in [-0.15, -0.1) is 0 Å². The van der Waals surface area contributed by atoms with Gasteiger partial charge < -0.3 is 30.7 Å². The number of piperazine rings is 1. The first-order chi connectivity index (χ1) is 21.1. The number of rotatable bonds is 10. The SMILES string of the molecule is Cc1cc(Nc2nccn3c(-c4ccc(OC(F)F)cc4)cnc23)ccc1C(=O)N1CCN(C(=O)CC[C@@H](N)C(=O)O)CC1. The molecule has 12 nitrogen and oxygen atoms in total. The molecular weight excluding hydrogens is 576 g/mol. The van der Waals surface area contributed by atoms with Gasteiger partial charge in [0.15, 0.2) is 11.5 Å². The Kier molecular flexibility index (Phi) is 8.99. The van der Waals surface area contributed by atoms with Crippen LogP contribution in [0.4, 0.5) is 20.3 Å². The van der Waals surface area contributed by atoms with Crippen LogP contribution in [0.3, 0.4) is 0 Å². The Bertz CT molecular complexity index is 1670. The summed E-state index contributed by atoms with van der Waals surface area (Å²) in [4.78, 5) is 48.9. The zero-order valence-corrected chi connectivity index (χ0v) is 23.8. The molecule has 0 saturated carbocycles. The number of amides is 2. The lowest BCUT2D eigenvalue weighted by molar-refractivity contribution is -0.139. The van der Waals surface area contributed by atoms with Gasteiger partial charge in [0, 0.05) is 61.8 Å². The number of benzene rings is 2. The smallest absolute Gasteiger partial charge is 0.387 e. The number of aliphatic carboxylic acids is 1. The number of hydrogen-bond acceptors (Lipinski definition) is 8. The molecule has 0 radical (unpaired) electrons. The van der Waals surface area contributed by atoms with Gasteiger partial charge in [-0.05, 0) is 61.4 Å². The number of alkyl halides is 2. The van der Waals surface area contributed by atoms with Crippen LogP contribution in [0.25, 0.3) is 16.9 Å². The average Bonchev–Trinajstić information content (AvgIpc) is 3.45. The fourth-order valence-electron chi connectivity index (χ4n) is 5.04. The summed E-state index contributed by atoms with van der Waals surface area (Å²) in [5.74, 6) is -0.908. The average molecular weight is 608 g/mol. The minimum Gasteiger partial charge on any atom is -0.480 e. The van der Waals surface area contributed by atoms with Crippen LogP contribution in [-0.4, -0.2) is 85.9 Å². The maximum Gasteiger partial charge on any atom is 0.387 e. The van der Waals surface area contributed by atoms with E-state index in [-0.39, 0.29) is 30.4 Å². The summed E-state index contributed by atoms with van der Waals surface area (Å²) in [6, 6.07) is 10.6. The predicted molar refractivity (Wildman–Crippen MR) is 157 cm³/mol. The quantitative estimate of drug-likeness (QED) is 0.246. The van der Waals surface area contributed by atoms with Crippen LogP contribution in [-0.2, 0) is 9.59 Å². The summed E-state index contributed by atoms with van der Waals surface area (Å²) in [7, 11) is 0. The molecule has 0 bridgehead atoms. The van der Waals surface area contributed by atoms with E-state index in [2.05, 4.69) is 20.0 Å². The van der Waals surface area contributed by atoms with Crippen molar-refractivity contribution in [2.24, 2.45) is 5.73 Å². The van der Waals surface area contributed by atoms with Gasteiger partial charge in [0.2, 0.25) is 5.91 Å². The molecule has 1 aliphatic heterocycles. The van der Waals surface area contributed by atoms with E-state index in [0.29, 0.717) is 48.9 Å². The Hall–Kier alpha value is -5.11. The molecule has 4 N–H and O–H groups in total. The molecule has 4 aromatic rings. The monoisotopic (exact) mass is 607 g/mol. The number of imidazole rings is 1. The Morgan fingerprint density at radius 3 is 2.41 bits per heavy atom. The third kappa shape index (κ3) is 6.75. The number of fused-ring (bicyclic) bond motifs is 1. The van der Waals surface area contributed by atoms with E-state index in [1.165, 1.54) is 12.1 Å². The maximum absolute atomic E-state index is 13.3. The van der Waals surface area contributed by atoms with Crippen molar-refractivity contribution in [1.29, 1.82) is 0 Å². The Morgan fingerprint density at radius 1 is 1.05 bits per heavy atom. The fourth-order valence-corrected chi connectivity index (χ4v) is 5.04. The largest absolute Gasteiger partial charge is 0.480 e. The number of aryl methyl sites for hydroxylation is 1. The number of ether oxygens (including phenoxy) is 1. The molecule has 44 heavy (non-hydrogen) atoms. The Labute approximate surface area is 251 Å². The fraction of sp³-hybridized carbons (Fsp3) is 0.300. The number of nitrogens with one attached hydrogen (secondary N) is 1. The number of nitrogens with two attached hydrogens (primary N) is 1. The van der Waals surface area contributed by atoms with Gasteiger partial charge in [0.1, 0.15) is 11.8 Å². The highest BCUT2D eigenvalue weighted by molar-refractivity contribution is 5.96. The van der Waals surface area contributed by atoms with E-state index in [9.17, 15) is 23.2 Å². The van der Waals surface area contributed by atoms with Crippen LogP contribution in [0.2, 0.25) is 0 Å². The highest BCUT2D eigenvalue weighted by Crippen LogP contribution is 2.28. The van der Waals surface area contributed by atoms with Crippen molar-refractivity contribution in [1.82, 2.24) is 24.2 Å². The first kappa shape index (κ1) is 30.4. The Balaban J connectivity index is 1.23. The molecule has 0 unspecified atom stereocenters. The Morgan fingerprint density at radius 2 is 1.75 bits per heavy atom. The van der Waals surface area contributed by atoms with Crippen molar-refractivity contribution in [3.8, 4) is 17.0 Å². The molecule has 2 amide bonds. The summed E-state index contributed by atoms with van der Waals surface area (Å²) in [5, 5.41) is 12.2. The van der Waals surface area contributed by atoms with Gasteiger partial charge in [-0.25, -0.2) is 9.97 Å². The molecule has 1 aliphatic rings. The second kappa shape index (κ2) is 13.0. The summed E-state index contributed by atoms with van der Waals surface area (Å²) in [6.07, 6.45) is 5.14. The van der Waals surface area contributed by atoms with Gasteiger partial charge in [0.25, 0.3) is 5.91 Å². The van der Waals surface area contributed by atoms with Crippen molar-refractivity contribution in [3.63, 3.8) is 0 Å². The number of carbonyl (C=O) groups is 3. The summed E-state index contributed by atoms with van der Waals surface area (Å²) in [5.41, 5.74) is 9.52. The molecule has 0 spiro atoms. The number of nitrogens with zero attached hydrogens (tertiary/aromatic N) is 5. The summed E-state index contributed by atoms with van der Waals surface area (Å²) >= 11 is 0. The standard InChI is InChI=1S/C30H31F2N7O5/c1-18-16-20(4-7-22(18)28(41)38-14-12-37(13-15-38)25(40)9-8-23(33)29(42)43)36-26-27-35-17-24(39(27)11-10-34-26)19-2-5-21(6-3-19)44-30(31)32/h2-7,10-11,16-17,23,30H,8-9,12-15,33H2,1H3,(H,34,36)(H,42,43)/t23-/m1/s1. The summed E-state index contributed by atoms with van der Waals surface area (Å²) < 4.78 is 31.2. The van der Waals surface area contributed by atoms with Gasteiger partial charge in [-0.3, -0.25) is 18.8 Å². The van der Waals surface area contributed by atoms with Crippen LogP contribution in [0.5, 0.6) is 5.75 Å². The van der Waals surface area contributed by atoms with Gasteiger partial charge >= 0.3 is 12.6 Å². The zero-order chi connectivity index (χ0) is 31.4. The van der Waals surface area contributed by atoms with E-state index in [1.54, 1.807) is 52.7 Å². The van der Waals surface area contributed by atoms with Crippen LogP contribution >= 0.6 is 0 Å². The van der Waals surface area contributed by atoms with Crippen LogP contribution in [0.15, 0.2) is 61.1 Å². The number of halogens is 2. The van der Waals surface area contributed by atoms with E-state index in [1.807, 2.05) is 17.4 Å². The number of aromatic nitrogens is 3. The lowest BCUT2D eigenvalue weighted by atomic mass is 10.1. The number of carboxylic acid groups (broad SMARTS) is 1. The molecule has 1 atom stereocenters. The number of hydrogen-bond donors (Lipinski definition) is 3. The van der Waals surface area contributed by atoms with E-state index in [0.717, 1.165) is 16.8 Å². The molecule has 230 valence electrons. The van der Waals surface area contributed by atoms with Crippen molar-refractivity contribution >= 4 is 34.9 Å². The van der Waals surface area contributed by atoms with Crippen LogP contribution in [0, 0.1) is 6.92 Å². The third-order valence-corrected chi connectivity index (χ3v) is 7.43. The lowest BCUT2D eigenvalue weighted by Gasteiger charge is -2.35. The summed E-state index contributed by atoms with van der Waals surface area (Å²) in [6.45, 7) is 0.399. The third-order valence-electron chi connectivity index (χ3n) is 7.43. The minimum absolute atomic E-state index is 0.0454. The molecule has 2 aromatic heterocycles.